The minimum absolute atomic E-state index is 0.137. The van der Waals surface area contributed by atoms with Gasteiger partial charge in [-0.15, -0.1) is 11.3 Å². The van der Waals surface area contributed by atoms with Crippen molar-refractivity contribution in [1.82, 2.24) is 0 Å². The maximum absolute atomic E-state index is 12.4. The van der Waals surface area contributed by atoms with E-state index in [1.165, 1.54) is 19.4 Å². The van der Waals surface area contributed by atoms with E-state index in [2.05, 4.69) is 10.1 Å². The lowest BCUT2D eigenvalue weighted by Crippen LogP contribution is -2.09. The molecule has 8 nitrogen and oxygen atoms in total. The van der Waals surface area contributed by atoms with E-state index < -0.39 is 17.8 Å². The Labute approximate surface area is 164 Å². The number of carbonyl (C=O) groups is 3. The summed E-state index contributed by atoms with van der Waals surface area (Å²) in [7, 11) is 1.27. The molecule has 1 amide bonds. The fraction of sp³-hybridized carbons (Fsp3) is 0.211. The highest BCUT2D eigenvalue weighted by molar-refractivity contribution is 7.18. The molecule has 146 valence electrons. The van der Waals surface area contributed by atoms with Crippen molar-refractivity contribution in [2.75, 3.05) is 12.4 Å². The Morgan fingerprint density at radius 2 is 1.96 bits per heavy atom. The molecule has 0 bridgehead atoms. The summed E-state index contributed by atoms with van der Waals surface area (Å²) >= 11 is 1.09. The van der Waals surface area contributed by atoms with Gasteiger partial charge in [0.2, 0.25) is 0 Å². The molecule has 0 aromatic carbocycles. The summed E-state index contributed by atoms with van der Waals surface area (Å²) in [6, 6.07) is 6.30. The zero-order valence-corrected chi connectivity index (χ0v) is 16.2. The summed E-state index contributed by atoms with van der Waals surface area (Å²) < 4.78 is 20.4. The summed E-state index contributed by atoms with van der Waals surface area (Å²) in [4.78, 5) is 36.3. The van der Waals surface area contributed by atoms with Gasteiger partial charge in [0.05, 0.1) is 18.4 Å². The number of anilines is 1. The number of rotatable bonds is 6. The standard InChI is InChI=1S/C19H17NO7S/c1-10-7-15(20-17(21)14-5-4-6-25-14)28-16(10)19(23)26-9-12-8-13(11(2)27-12)18(22)24-3/h4-8H,9H2,1-3H3,(H,20,21). The van der Waals surface area contributed by atoms with Crippen LogP contribution in [0.5, 0.6) is 0 Å². The van der Waals surface area contributed by atoms with Crippen molar-refractivity contribution in [1.29, 1.82) is 0 Å². The molecule has 3 rings (SSSR count). The molecule has 3 aromatic rings. The first-order valence-electron chi connectivity index (χ1n) is 8.19. The summed E-state index contributed by atoms with van der Waals surface area (Å²) in [6.45, 7) is 3.22. The average molecular weight is 403 g/mol. The van der Waals surface area contributed by atoms with Crippen LogP contribution in [0.2, 0.25) is 0 Å². The molecule has 28 heavy (non-hydrogen) atoms. The van der Waals surface area contributed by atoms with Gasteiger partial charge in [-0.3, -0.25) is 4.79 Å². The number of thiophene rings is 1. The second kappa shape index (κ2) is 8.13. The Kier molecular flexibility index (Phi) is 5.65. The van der Waals surface area contributed by atoms with Crippen molar-refractivity contribution < 1.29 is 32.7 Å². The number of ether oxygens (including phenoxy) is 2. The number of esters is 2. The second-order valence-corrected chi connectivity index (χ2v) is 6.86. The molecule has 0 saturated carbocycles. The van der Waals surface area contributed by atoms with E-state index in [1.807, 2.05) is 0 Å². The van der Waals surface area contributed by atoms with Crippen LogP contribution in [-0.2, 0) is 16.1 Å². The number of methoxy groups -OCH3 is 1. The van der Waals surface area contributed by atoms with Gasteiger partial charge in [-0.2, -0.15) is 0 Å². The van der Waals surface area contributed by atoms with Crippen LogP contribution in [0.15, 0.2) is 39.4 Å². The maximum Gasteiger partial charge on any atom is 0.349 e. The quantitative estimate of drug-likeness (QED) is 0.621. The first-order chi connectivity index (χ1) is 13.4. The number of carbonyl (C=O) groups excluding carboxylic acids is 3. The van der Waals surface area contributed by atoms with Gasteiger partial charge in [-0.25, -0.2) is 9.59 Å². The van der Waals surface area contributed by atoms with Gasteiger partial charge in [0.25, 0.3) is 5.91 Å². The van der Waals surface area contributed by atoms with Gasteiger partial charge < -0.3 is 23.6 Å². The summed E-state index contributed by atoms with van der Waals surface area (Å²) in [5, 5.41) is 3.17. The Balaban J connectivity index is 1.64. The van der Waals surface area contributed by atoms with Crippen LogP contribution < -0.4 is 5.32 Å². The summed E-state index contributed by atoms with van der Waals surface area (Å²) in [6.07, 6.45) is 1.40. The molecular weight excluding hydrogens is 386 g/mol. The third kappa shape index (κ3) is 4.15. The van der Waals surface area contributed by atoms with Crippen LogP contribution in [0.1, 0.15) is 47.7 Å². The first kappa shape index (κ1) is 19.4. The van der Waals surface area contributed by atoms with E-state index in [1.54, 1.807) is 32.0 Å². The van der Waals surface area contributed by atoms with Gasteiger partial charge in [-0.1, -0.05) is 0 Å². The molecule has 1 N–H and O–H groups in total. The molecule has 0 spiro atoms. The minimum atomic E-state index is -0.560. The largest absolute Gasteiger partial charge is 0.465 e. The molecule has 3 heterocycles. The van der Waals surface area contributed by atoms with E-state index in [0.29, 0.717) is 27.0 Å². The molecule has 0 aliphatic carbocycles. The van der Waals surface area contributed by atoms with E-state index in [-0.39, 0.29) is 17.9 Å². The minimum Gasteiger partial charge on any atom is -0.465 e. The predicted octanol–water partition coefficient (Wildman–Crippen LogP) is 3.95. The third-order valence-corrected chi connectivity index (χ3v) is 4.94. The number of hydrogen-bond donors (Lipinski definition) is 1. The molecule has 0 atom stereocenters. The van der Waals surface area contributed by atoms with Crippen molar-refractivity contribution in [3.05, 3.63) is 63.8 Å². The summed E-state index contributed by atoms with van der Waals surface area (Å²) in [5.41, 5.74) is 0.944. The molecule has 3 aromatic heterocycles. The lowest BCUT2D eigenvalue weighted by molar-refractivity contribution is 0.0448. The fourth-order valence-electron chi connectivity index (χ4n) is 2.46. The number of amides is 1. The number of aryl methyl sites for hydroxylation is 2. The van der Waals surface area contributed by atoms with Gasteiger partial charge in [0, 0.05) is 0 Å². The highest BCUT2D eigenvalue weighted by atomic mass is 32.1. The number of furan rings is 2. The third-order valence-electron chi connectivity index (χ3n) is 3.80. The lowest BCUT2D eigenvalue weighted by Gasteiger charge is -2.01. The topological polar surface area (TPSA) is 108 Å². The van der Waals surface area contributed by atoms with Crippen molar-refractivity contribution >= 4 is 34.2 Å². The zero-order chi connectivity index (χ0) is 20.3. The van der Waals surface area contributed by atoms with Crippen LogP contribution >= 0.6 is 11.3 Å². The molecular formula is C19H17NO7S. The second-order valence-electron chi connectivity index (χ2n) is 5.80. The molecule has 0 aliphatic rings. The monoisotopic (exact) mass is 403 g/mol. The van der Waals surface area contributed by atoms with Gasteiger partial charge in [0.1, 0.15) is 28.6 Å². The zero-order valence-electron chi connectivity index (χ0n) is 15.4. The highest BCUT2D eigenvalue weighted by Gasteiger charge is 2.20. The fourth-order valence-corrected chi connectivity index (χ4v) is 3.42. The SMILES string of the molecule is COC(=O)c1cc(COC(=O)c2sc(NC(=O)c3ccco3)cc2C)oc1C. The van der Waals surface area contributed by atoms with Crippen LogP contribution in [-0.4, -0.2) is 25.0 Å². The Morgan fingerprint density at radius 1 is 1.18 bits per heavy atom. The van der Waals surface area contributed by atoms with Crippen LogP contribution in [0.25, 0.3) is 0 Å². The first-order valence-corrected chi connectivity index (χ1v) is 9.00. The molecule has 0 fully saturated rings. The average Bonchev–Trinajstić information content (AvgIpc) is 3.39. The number of nitrogens with one attached hydrogen (secondary N) is 1. The highest BCUT2D eigenvalue weighted by Crippen LogP contribution is 2.28. The van der Waals surface area contributed by atoms with Gasteiger partial charge >= 0.3 is 11.9 Å². The normalized spacial score (nSPS) is 10.5. The smallest absolute Gasteiger partial charge is 0.349 e. The predicted molar refractivity (Wildman–Crippen MR) is 99.6 cm³/mol. The van der Waals surface area contributed by atoms with Crippen molar-refractivity contribution in [2.24, 2.45) is 0 Å². The Hall–Kier alpha value is -3.33. The lowest BCUT2D eigenvalue weighted by atomic mass is 10.2. The van der Waals surface area contributed by atoms with E-state index in [9.17, 15) is 14.4 Å². The molecule has 9 heteroatoms. The molecule has 0 aliphatic heterocycles. The van der Waals surface area contributed by atoms with Crippen molar-refractivity contribution in [3.63, 3.8) is 0 Å². The maximum atomic E-state index is 12.4. The van der Waals surface area contributed by atoms with Crippen molar-refractivity contribution in [3.8, 4) is 0 Å². The van der Waals surface area contributed by atoms with Gasteiger partial charge in [0.15, 0.2) is 5.76 Å². The van der Waals surface area contributed by atoms with Crippen LogP contribution in [0.3, 0.4) is 0 Å². The Bertz CT molecular complexity index is 1010. The van der Waals surface area contributed by atoms with Crippen LogP contribution in [0, 0.1) is 13.8 Å². The Morgan fingerprint density at radius 3 is 2.64 bits per heavy atom. The molecule has 0 radical (unpaired) electrons. The summed E-state index contributed by atoms with van der Waals surface area (Å²) in [5.74, 6) is -0.614. The molecule has 0 saturated heterocycles. The van der Waals surface area contributed by atoms with E-state index in [4.69, 9.17) is 13.6 Å². The van der Waals surface area contributed by atoms with Crippen LogP contribution in [0.4, 0.5) is 5.00 Å². The van der Waals surface area contributed by atoms with Gasteiger partial charge in [-0.05, 0) is 43.7 Å². The number of hydrogen-bond acceptors (Lipinski definition) is 8. The van der Waals surface area contributed by atoms with E-state index >= 15 is 0 Å². The molecule has 0 unspecified atom stereocenters. The van der Waals surface area contributed by atoms with E-state index in [0.717, 1.165) is 11.3 Å². The van der Waals surface area contributed by atoms with Crippen molar-refractivity contribution in [2.45, 2.75) is 20.5 Å².